The predicted octanol–water partition coefficient (Wildman–Crippen LogP) is 2.85. The minimum atomic E-state index is 0.596. The Morgan fingerprint density at radius 3 is 3.06 bits per heavy atom. The molecule has 16 heavy (non-hydrogen) atoms. The van der Waals surface area contributed by atoms with Crippen molar-refractivity contribution < 1.29 is 0 Å². The Balaban J connectivity index is 2.33. The van der Waals surface area contributed by atoms with Crippen LogP contribution in [0.2, 0.25) is 0 Å². The van der Waals surface area contributed by atoms with Gasteiger partial charge in [0, 0.05) is 40.8 Å². The van der Waals surface area contributed by atoms with Crippen LogP contribution in [0.4, 0.5) is 5.69 Å². The van der Waals surface area contributed by atoms with Crippen LogP contribution in [0.5, 0.6) is 0 Å². The van der Waals surface area contributed by atoms with Gasteiger partial charge >= 0.3 is 0 Å². The Hall–Kier alpha value is -0.190. The van der Waals surface area contributed by atoms with Crippen LogP contribution in [-0.4, -0.2) is 24.1 Å². The van der Waals surface area contributed by atoms with Crippen molar-refractivity contribution in [1.82, 2.24) is 0 Å². The van der Waals surface area contributed by atoms with Crippen LogP contribution in [-0.2, 0) is 6.54 Å². The third-order valence-corrected chi connectivity index (χ3v) is 4.63. The minimum absolute atomic E-state index is 0.596. The molecule has 2 N–H and O–H groups in total. The molecule has 1 aromatic rings. The largest absolute Gasteiger partial charge is 0.367 e. The molecule has 1 atom stereocenters. The molecule has 0 aromatic heterocycles. The van der Waals surface area contributed by atoms with Gasteiger partial charge in [-0.1, -0.05) is 22.0 Å². The number of nitrogens with zero attached hydrogens (tertiary/aromatic N) is 1. The van der Waals surface area contributed by atoms with Crippen LogP contribution in [0.15, 0.2) is 22.7 Å². The second kappa shape index (κ2) is 5.43. The van der Waals surface area contributed by atoms with Crippen LogP contribution in [0, 0.1) is 0 Å². The van der Waals surface area contributed by atoms with Crippen LogP contribution in [0.1, 0.15) is 12.5 Å². The number of hydrogen-bond acceptors (Lipinski definition) is 3. The monoisotopic (exact) mass is 300 g/mol. The Labute approximate surface area is 110 Å². The third-order valence-electron chi connectivity index (χ3n) is 2.94. The molecule has 2 nitrogen and oxygen atoms in total. The van der Waals surface area contributed by atoms with Crippen molar-refractivity contribution in [3.8, 4) is 0 Å². The standard InChI is InChI=1S/C12H17BrN2S/c1-9-8-16-5-4-15(9)12-6-11(13)3-2-10(12)7-14/h2-3,6,9H,4-5,7-8,14H2,1H3. The lowest BCUT2D eigenvalue weighted by Crippen LogP contribution is -2.41. The highest BCUT2D eigenvalue weighted by Crippen LogP contribution is 2.29. The van der Waals surface area contributed by atoms with Crippen molar-refractivity contribution in [3.63, 3.8) is 0 Å². The maximum absolute atomic E-state index is 5.81. The predicted molar refractivity (Wildman–Crippen MR) is 76.2 cm³/mol. The van der Waals surface area contributed by atoms with Crippen molar-refractivity contribution in [1.29, 1.82) is 0 Å². The van der Waals surface area contributed by atoms with Gasteiger partial charge in [0.25, 0.3) is 0 Å². The molecule has 0 amide bonds. The van der Waals surface area contributed by atoms with E-state index in [0.29, 0.717) is 12.6 Å². The van der Waals surface area contributed by atoms with Crippen LogP contribution < -0.4 is 10.6 Å². The van der Waals surface area contributed by atoms with Gasteiger partial charge in [-0.05, 0) is 24.6 Å². The quantitative estimate of drug-likeness (QED) is 0.911. The highest BCUT2D eigenvalue weighted by molar-refractivity contribution is 9.10. The zero-order valence-electron chi connectivity index (χ0n) is 9.45. The van der Waals surface area contributed by atoms with E-state index in [4.69, 9.17) is 5.73 Å². The topological polar surface area (TPSA) is 29.3 Å². The first-order valence-corrected chi connectivity index (χ1v) is 7.50. The van der Waals surface area contributed by atoms with Gasteiger partial charge in [0.2, 0.25) is 0 Å². The molecule has 0 aliphatic carbocycles. The number of hydrogen-bond donors (Lipinski definition) is 1. The van der Waals surface area contributed by atoms with E-state index in [0.717, 1.165) is 11.0 Å². The zero-order valence-corrected chi connectivity index (χ0v) is 11.9. The van der Waals surface area contributed by atoms with Gasteiger partial charge in [0.1, 0.15) is 0 Å². The second-order valence-electron chi connectivity index (χ2n) is 4.09. The Bertz CT molecular complexity index is 370. The number of anilines is 1. The minimum Gasteiger partial charge on any atom is -0.367 e. The van der Waals surface area contributed by atoms with Crippen LogP contribution in [0.25, 0.3) is 0 Å². The van der Waals surface area contributed by atoms with Crippen LogP contribution in [0.3, 0.4) is 0 Å². The molecule has 1 saturated heterocycles. The molecule has 1 fully saturated rings. The first-order valence-electron chi connectivity index (χ1n) is 5.55. The summed E-state index contributed by atoms with van der Waals surface area (Å²) in [5.74, 6) is 2.41. The number of rotatable bonds is 2. The first-order chi connectivity index (χ1) is 7.72. The maximum Gasteiger partial charge on any atom is 0.0426 e. The number of nitrogens with two attached hydrogens (primary N) is 1. The van der Waals surface area contributed by atoms with Crippen LogP contribution >= 0.6 is 27.7 Å². The Kier molecular flexibility index (Phi) is 4.16. The molecular formula is C12H17BrN2S. The zero-order chi connectivity index (χ0) is 11.5. The summed E-state index contributed by atoms with van der Waals surface area (Å²) < 4.78 is 1.13. The van der Waals surface area contributed by atoms with Gasteiger partial charge in [-0.3, -0.25) is 0 Å². The summed E-state index contributed by atoms with van der Waals surface area (Å²) in [7, 11) is 0. The van der Waals surface area contributed by atoms with Crippen molar-refractivity contribution in [3.05, 3.63) is 28.2 Å². The van der Waals surface area contributed by atoms with E-state index in [2.05, 4.69) is 46.0 Å². The molecule has 1 heterocycles. The lowest BCUT2D eigenvalue weighted by molar-refractivity contribution is 0.695. The van der Waals surface area contributed by atoms with Gasteiger partial charge in [0.05, 0.1) is 0 Å². The lowest BCUT2D eigenvalue weighted by atomic mass is 10.1. The van der Waals surface area contributed by atoms with Crippen molar-refractivity contribution in [2.45, 2.75) is 19.5 Å². The van der Waals surface area contributed by atoms with E-state index >= 15 is 0 Å². The Morgan fingerprint density at radius 2 is 2.38 bits per heavy atom. The van der Waals surface area contributed by atoms with E-state index in [1.54, 1.807) is 0 Å². The fourth-order valence-electron chi connectivity index (χ4n) is 2.06. The molecule has 0 spiro atoms. The molecular weight excluding hydrogens is 284 g/mol. The summed E-state index contributed by atoms with van der Waals surface area (Å²) in [5.41, 5.74) is 8.34. The molecule has 4 heteroatoms. The molecule has 0 bridgehead atoms. The molecule has 0 radical (unpaired) electrons. The van der Waals surface area contributed by atoms with Crippen molar-refractivity contribution in [2.75, 3.05) is 23.0 Å². The average Bonchev–Trinajstić information content (AvgIpc) is 2.29. The fourth-order valence-corrected chi connectivity index (χ4v) is 3.42. The first kappa shape index (κ1) is 12.3. The molecule has 1 aliphatic rings. The second-order valence-corrected chi connectivity index (χ2v) is 6.16. The van der Waals surface area contributed by atoms with Gasteiger partial charge in [-0.25, -0.2) is 0 Å². The summed E-state index contributed by atoms with van der Waals surface area (Å²) in [5, 5.41) is 0. The number of halogens is 1. The summed E-state index contributed by atoms with van der Waals surface area (Å²) in [6.07, 6.45) is 0. The highest BCUT2D eigenvalue weighted by Gasteiger charge is 2.20. The van der Waals surface area contributed by atoms with Gasteiger partial charge < -0.3 is 10.6 Å². The number of thioether (sulfide) groups is 1. The summed E-state index contributed by atoms with van der Waals surface area (Å²) in [6, 6.07) is 6.97. The normalized spacial score (nSPS) is 21.2. The third kappa shape index (κ3) is 2.55. The Morgan fingerprint density at radius 1 is 1.56 bits per heavy atom. The summed E-state index contributed by atoms with van der Waals surface area (Å²) in [6.45, 7) is 4.02. The average molecular weight is 301 g/mol. The molecule has 0 saturated carbocycles. The van der Waals surface area contributed by atoms with Crippen molar-refractivity contribution in [2.24, 2.45) is 5.73 Å². The SMILES string of the molecule is CC1CSCCN1c1cc(Br)ccc1CN. The van der Waals surface area contributed by atoms with Gasteiger partial charge in [0.15, 0.2) is 0 Å². The number of benzene rings is 1. The van der Waals surface area contributed by atoms with E-state index < -0.39 is 0 Å². The lowest BCUT2D eigenvalue weighted by Gasteiger charge is -2.36. The van der Waals surface area contributed by atoms with E-state index in [-0.39, 0.29) is 0 Å². The van der Waals surface area contributed by atoms with E-state index in [1.165, 1.54) is 22.8 Å². The van der Waals surface area contributed by atoms with Gasteiger partial charge in [-0.2, -0.15) is 11.8 Å². The summed E-state index contributed by atoms with van der Waals surface area (Å²) >= 11 is 5.57. The highest BCUT2D eigenvalue weighted by atomic mass is 79.9. The molecule has 1 aromatic carbocycles. The van der Waals surface area contributed by atoms with E-state index in [1.807, 2.05) is 11.8 Å². The van der Waals surface area contributed by atoms with Crippen molar-refractivity contribution >= 4 is 33.4 Å². The fraction of sp³-hybridized carbons (Fsp3) is 0.500. The molecule has 88 valence electrons. The molecule has 1 aliphatic heterocycles. The van der Waals surface area contributed by atoms with Gasteiger partial charge in [-0.15, -0.1) is 0 Å². The maximum atomic E-state index is 5.81. The molecule has 1 unspecified atom stereocenters. The molecule has 2 rings (SSSR count). The van der Waals surface area contributed by atoms with E-state index in [9.17, 15) is 0 Å². The summed E-state index contributed by atoms with van der Waals surface area (Å²) in [4.78, 5) is 2.48. The smallest absolute Gasteiger partial charge is 0.0426 e.